The van der Waals surface area contributed by atoms with E-state index in [1.165, 1.54) is 48.3 Å². The molecule has 0 spiro atoms. The number of carbonyl (C=O) groups is 3. The van der Waals surface area contributed by atoms with Gasteiger partial charge < -0.3 is 29.4 Å². The highest BCUT2D eigenvalue weighted by Crippen LogP contribution is 2.43. The number of aliphatic hydroxyl groups is 1. The molecule has 320 valence electrons. The Bertz CT molecular complexity index is 2130. The molecule has 3 N–H and O–H groups in total. The number of aliphatic hydroxyl groups excluding tert-OH is 1. The van der Waals surface area contributed by atoms with Crippen LogP contribution in [0, 0.1) is 5.41 Å². The van der Waals surface area contributed by atoms with E-state index < -0.39 is 35.7 Å². The van der Waals surface area contributed by atoms with Gasteiger partial charge in [-0.15, -0.1) is 11.3 Å². The van der Waals surface area contributed by atoms with Gasteiger partial charge in [-0.1, -0.05) is 33.8 Å². The molecule has 2 aliphatic heterocycles. The van der Waals surface area contributed by atoms with Crippen molar-refractivity contribution in [3.63, 3.8) is 0 Å². The van der Waals surface area contributed by atoms with Crippen molar-refractivity contribution >= 4 is 45.9 Å². The van der Waals surface area contributed by atoms with Gasteiger partial charge in [0.05, 0.1) is 41.1 Å². The average molecular weight is 830 g/mol. The molecule has 2 amide bonds. The van der Waals surface area contributed by atoms with Crippen LogP contribution in [0.15, 0.2) is 35.8 Å². The molecule has 0 radical (unpaired) electrons. The average Bonchev–Trinajstić information content (AvgIpc) is 3.81. The third kappa shape index (κ3) is 10.3. The monoisotopic (exact) mass is 829 g/mol. The Morgan fingerprint density at radius 1 is 1.05 bits per heavy atom. The number of nitrogens with one attached hydrogen (secondary N) is 2. The number of fused-ring (bicyclic) bond motifs is 1. The molecule has 3 aromatic heterocycles. The molecule has 5 heterocycles. The minimum Gasteiger partial charge on any atom is -0.468 e. The number of thiazole rings is 1. The summed E-state index contributed by atoms with van der Waals surface area (Å²) >= 11 is 1.42. The summed E-state index contributed by atoms with van der Waals surface area (Å²) in [5.41, 5.74) is 10.3. The van der Waals surface area contributed by atoms with Gasteiger partial charge in [-0.05, 0) is 101 Å². The van der Waals surface area contributed by atoms with Gasteiger partial charge in [0.25, 0.3) is 5.91 Å². The summed E-state index contributed by atoms with van der Waals surface area (Å²) < 4.78 is 12.9. The highest BCUT2D eigenvalue weighted by atomic mass is 32.1. The fraction of sp³-hybridized carbons (Fsp3) is 0.578. The Morgan fingerprint density at radius 2 is 1.80 bits per heavy atom. The van der Waals surface area contributed by atoms with Crippen molar-refractivity contribution in [2.75, 3.05) is 38.3 Å². The molecule has 2 saturated heterocycles. The third-order valence-electron chi connectivity index (χ3n) is 11.1. The van der Waals surface area contributed by atoms with E-state index in [4.69, 9.17) is 19.4 Å². The van der Waals surface area contributed by atoms with Crippen molar-refractivity contribution in [3.8, 4) is 22.5 Å². The summed E-state index contributed by atoms with van der Waals surface area (Å²) in [6.07, 6.45) is 6.84. The van der Waals surface area contributed by atoms with Crippen molar-refractivity contribution in [3.05, 3.63) is 52.1 Å². The Kier molecular flexibility index (Phi) is 13.7. The van der Waals surface area contributed by atoms with Crippen LogP contribution in [0.4, 0.5) is 10.5 Å². The highest BCUT2D eigenvalue weighted by molar-refractivity contribution is 7.10. The zero-order valence-corrected chi connectivity index (χ0v) is 37.1. The quantitative estimate of drug-likeness (QED) is 0.115. The molecule has 6 rings (SSSR count). The first-order chi connectivity index (χ1) is 28.0. The number of amides is 2. The number of esters is 1. The van der Waals surface area contributed by atoms with Crippen molar-refractivity contribution < 1.29 is 29.0 Å². The van der Waals surface area contributed by atoms with E-state index >= 15 is 0 Å². The van der Waals surface area contributed by atoms with Crippen molar-refractivity contribution in [1.82, 2.24) is 30.3 Å². The predicted molar refractivity (Wildman–Crippen MR) is 233 cm³/mol. The SMILES string of the molecule is CCn1c(-c2cc(N3CCCCC3)cnc2C(C)C)c(CC(C)(C)CO)c2cc(-c3csc(C[C@H](NC(=O)OC(C)(C)C)C(=O)N4CCC[C@@H](C(=O)OC)N4)n3)ccc21. The van der Waals surface area contributed by atoms with Crippen LogP contribution in [-0.2, 0) is 38.4 Å². The zero-order chi connectivity index (χ0) is 42.6. The van der Waals surface area contributed by atoms with Crippen LogP contribution < -0.4 is 15.6 Å². The van der Waals surface area contributed by atoms with Crippen LogP contribution in [0.1, 0.15) is 110 Å². The van der Waals surface area contributed by atoms with E-state index in [1.54, 1.807) is 20.8 Å². The van der Waals surface area contributed by atoms with Gasteiger partial charge in [0.1, 0.15) is 17.7 Å². The lowest BCUT2D eigenvalue weighted by molar-refractivity contribution is -0.150. The number of nitrogens with zero attached hydrogens (tertiary/aromatic N) is 5. The number of pyridine rings is 1. The zero-order valence-electron chi connectivity index (χ0n) is 36.3. The van der Waals surface area contributed by atoms with Crippen molar-refractivity contribution in [2.24, 2.45) is 5.41 Å². The smallest absolute Gasteiger partial charge is 0.408 e. The minimum atomic E-state index is -1.01. The first-order valence-electron chi connectivity index (χ1n) is 21.1. The van der Waals surface area contributed by atoms with Gasteiger partial charge in [-0.2, -0.15) is 0 Å². The van der Waals surface area contributed by atoms with E-state index in [9.17, 15) is 19.5 Å². The second kappa shape index (κ2) is 18.4. The van der Waals surface area contributed by atoms with E-state index in [-0.39, 0.29) is 24.4 Å². The molecule has 2 atom stereocenters. The number of alkyl carbamates (subject to hydrolysis) is 1. The fourth-order valence-electron chi connectivity index (χ4n) is 8.18. The summed E-state index contributed by atoms with van der Waals surface area (Å²) in [4.78, 5) is 52.0. The summed E-state index contributed by atoms with van der Waals surface area (Å²) in [5.74, 6) is -0.646. The molecule has 13 nitrogen and oxygen atoms in total. The number of hydrogen-bond acceptors (Lipinski definition) is 11. The van der Waals surface area contributed by atoms with Gasteiger partial charge in [-0.3, -0.25) is 19.6 Å². The fourth-order valence-corrected chi connectivity index (χ4v) is 9.03. The predicted octanol–water partition coefficient (Wildman–Crippen LogP) is 7.63. The van der Waals surface area contributed by atoms with Crippen LogP contribution in [-0.4, -0.2) is 93.7 Å². The number of piperidine rings is 1. The Hall–Kier alpha value is -4.53. The van der Waals surface area contributed by atoms with Crippen LogP contribution in [0.25, 0.3) is 33.4 Å². The number of carbonyl (C=O) groups excluding carboxylic acids is 3. The topological polar surface area (TPSA) is 151 Å². The molecule has 1 aromatic carbocycles. The van der Waals surface area contributed by atoms with Gasteiger partial charge in [-0.25, -0.2) is 15.2 Å². The standard InChI is InChI=1S/C45H63N7O6S/c1-10-51-37-17-16-29(21-31(37)33(24-45(7,8)27-53)40(51)32-22-30(25-46-39(32)28(2)3)50-18-12-11-13-19-50)36-26-59-38(47-36)23-35(48-43(56)58-44(4,5)6)41(54)52-20-14-15-34(49-52)42(55)57-9/h16-17,21-22,25-26,28,34-35,49,53H,10-15,18-20,23-24,27H2,1-9H3,(H,48,56)/t34-,35-/m0/s1. The van der Waals surface area contributed by atoms with E-state index in [2.05, 4.69) is 79.1 Å². The lowest BCUT2D eigenvalue weighted by Crippen LogP contribution is -2.60. The summed E-state index contributed by atoms with van der Waals surface area (Å²) in [6.45, 7) is 19.3. The molecule has 4 aromatic rings. The third-order valence-corrected chi connectivity index (χ3v) is 12.0. The van der Waals surface area contributed by atoms with Crippen LogP contribution in [0.5, 0.6) is 0 Å². The van der Waals surface area contributed by atoms with Gasteiger partial charge >= 0.3 is 12.1 Å². The number of hydrazine groups is 1. The minimum absolute atomic E-state index is 0.0387. The Morgan fingerprint density at radius 3 is 2.46 bits per heavy atom. The number of methoxy groups -OCH3 is 1. The molecule has 0 aliphatic carbocycles. The number of rotatable bonds is 13. The molecule has 0 saturated carbocycles. The lowest BCUT2D eigenvalue weighted by Gasteiger charge is -2.34. The maximum absolute atomic E-state index is 14.0. The Balaban J connectivity index is 1.39. The summed E-state index contributed by atoms with van der Waals surface area (Å²) in [7, 11) is 1.32. The molecule has 0 unspecified atom stereocenters. The second-order valence-corrected chi connectivity index (χ2v) is 18.9. The molecule has 14 heteroatoms. The van der Waals surface area contributed by atoms with E-state index in [0.717, 1.165) is 64.4 Å². The summed E-state index contributed by atoms with van der Waals surface area (Å²) in [6, 6.07) is 7.14. The number of anilines is 1. The molecule has 59 heavy (non-hydrogen) atoms. The highest BCUT2D eigenvalue weighted by Gasteiger charge is 2.35. The van der Waals surface area contributed by atoms with Gasteiger partial charge in [0, 0.05) is 66.6 Å². The van der Waals surface area contributed by atoms with Crippen LogP contribution in [0.2, 0.25) is 0 Å². The largest absolute Gasteiger partial charge is 0.468 e. The maximum atomic E-state index is 14.0. The molecule has 2 aliphatic rings. The van der Waals surface area contributed by atoms with Gasteiger partial charge in [0.2, 0.25) is 0 Å². The number of ether oxygens (including phenoxy) is 2. The van der Waals surface area contributed by atoms with Crippen molar-refractivity contribution in [1.29, 1.82) is 0 Å². The van der Waals surface area contributed by atoms with E-state index in [0.29, 0.717) is 30.8 Å². The first kappa shape index (κ1) is 44.0. The number of benzene rings is 1. The van der Waals surface area contributed by atoms with Crippen molar-refractivity contribution in [2.45, 2.75) is 130 Å². The number of hydrogen-bond donors (Lipinski definition) is 3. The van der Waals surface area contributed by atoms with Crippen LogP contribution in [0.3, 0.4) is 0 Å². The second-order valence-electron chi connectivity index (χ2n) is 18.0. The van der Waals surface area contributed by atoms with Crippen LogP contribution >= 0.6 is 11.3 Å². The molecular weight excluding hydrogens is 767 g/mol. The Labute approximate surface area is 352 Å². The summed E-state index contributed by atoms with van der Waals surface area (Å²) in [5, 5.41) is 18.5. The molecular formula is C45H63N7O6S. The van der Waals surface area contributed by atoms with E-state index in [1.807, 2.05) is 11.6 Å². The normalized spacial score (nSPS) is 17.0. The molecule has 0 bridgehead atoms. The molecule has 2 fully saturated rings. The maximum Gasteiger partial charge on any atom is 0.408 e. The number of aryl methyl sites for hydroxylation is 1. The lowest BCUT2D eigenvalue weighted by atomic mass is 9.84. The number of aromatic nitrogens is 3. The first-order valence-corrected chi connectivity index (χ1v) is 22.0. The van der Waals surface area contributed by atoms with Gasteiger partial charge in [0.15, 0.2) is 0 Å².